The molecular formula is C24H21BrClF2N3O2. The molecule has 1 N–H and O–H groups in total. The van der Waals surface area contributed by atoms with Crippen LogP contribution in [0.1, 0.15) is 46.1 Å². The summed E-state index contributed by atoms with van der Waals surface area (Å²) >= 11 is 9.22. The number of rotatable bonds is 6. The Kier molecular flexibility index (Phi) is 6.68. The summed E-state index contributed by atoms with van der Waals surface area (Å²) in [6.45, 7) is 2.96. The highest BCUT2D eigenvalue weighted by molar-refractivity contribution is 9.10. The zero-order valence-electron chi connectivity index (χ0n) is 18.0. The molecule has 5 nitrogen and oxygen atoms in total. The fraction of sp³-hybridized carbons (Fsp3) is 0.292. The van der Waals surface area contributed by atoms with Crippen molar-refractivity contribution >= 4 is 33.4 Å². The molecule has 172 valence electrons. The highest BCUT2D eigenvalue weighted by atomic mass is 79.9. The van der Waals surface area contributed by atoms with Crippen molar-refractivity contribution in [1.82, 2.24) is 15.5 Å². The molecule has 0 saturated carbocycles. The molecule has 1 aliphatic rings. The molecule has 1 heterocycles. The molecule has 1 aromatic heterocycles. The summed E-state index contributed by atoms with van der Waals surface area (Å²) in [5.74, 6) is -1.65. The Morgan fingerprint density at radius 3 is 2.82 bits per heavy atom. The van der Waals surface area contributed by atoms with Crippen molar-refractivity contribution in [2.75, 3.05) is 6.54 Å². The average molecular weight is 537 g/mol. The number of hydrogen-bond donors (Lipinski definition) is 1. The zero-order valence-corrected chi connectivity index (χ0v) is 20.4. The lowest BCUT2D eigenvalue weighted by molar-refractivity contribution is 0.0905. The number of alkyl halides is 1. The summed E-state index contributed by atoms with van der Waals surface area (Å²) < 4.78 is 36.4. The predicted octanol–water partition coefficient (Wildman–Crippen LogP) is 6.24. The van der Waals surface area contributed by atoms with Gasteiger partial charge in [0, 0.05) is 4.47 Å². The number of aromatic nitrogens is 2. The maximum atomic E-state index is 15.6. The third-order valence-electron chi connectivity index (χ3n) is 5.65. The van der Waals surface area contributed by atoms with Gasteiger partial charge in [-0.1, -0.05) is 39.7 Å². The lowest BCUT2D eigenvalue weighted by Gasteiger charge is -2.24. The van der Waals surface area contributed by atoms with E-state index >= 15 is 4.39 Å². The number of nitrogens with zero attached hydrogens (tertiary/aromatic N) is 2. The van der Waals surface area contributed by atoms with Crippen LogP contribution in [0.4, 0.5) is 8.78 Å². The number of halogens is 4. The SMILES string of the molecule is Cc1cc(Br)ccc1C(C)(F)CNC(=O)c1c(Oc2cccc(Cl)c2F)nnc2c1CCC2. The molecule has 0 fully saturated rings. The van der Waals surface area contributed by atoms with Crippen LogP contribution in [0.15, 0.2) is 40.9 Å². The van der Waals surface area contributed by atoms with E-state index < -0.39 is 17.4 Å². The Morgan fingerprint density at radius 2 is 2.06 bits per heavy atom. The minimum Gasteiger partial charge on any atom is -0.434 e. The van der Waals surface area contributed by atoms with E-state index in [-0.39, 0.29) is 28.8 Å². The highest BCUT2D eigenvalue weighted by Gasteiger charge is 2.31. The van der Waals surface area contributed by atoms with Crippen LogP contribution < -0.4 is 10.1 Å². The van der Waals surface area contributed by atoms with E-state index in [0.29, 0.717) is 29.7 Å². The van der Waals surface area contributed by atoms with Crippen molar-refractivity contribution in [1.29, 1.82) is 0 Å². The first-order chi connectivity index (χ1) is 15.7. The second-order valence-corrected chi connectivity index (χ2v) is 9.48. The molecule has 0 bridgehead atoms. The van der Waals surface area contributed by atoms with Crippen molar-refractivity contribution in [2.24, 2.45) is 0 Å². The van der Waals surface area contributed by atoms with Gasteiger partial charge in [0.1, 0.15) is 5.56 Å². The van der Waals surface area contributed by atoms with Gasteiger partial charge in [0.15, 0.2) is 17.2 Å². The Bertz CT molecular complexity index is 1240. The lowest BCUT2D eigenvalue weighted by Crippen LogP contribution is -2.37. The van der Waals surface area contributed by atoms with Crippen molar-refractivity contribution < 1.29 is 18.3 Å². The van der Waals surface area contributed by atoms with Gasteiger partial charge in [-0.15, -0.1) is 5.10 Å². The highest BCUT2D eigenvalue weighted by Crippen LogP contribution is 2.34. The van der Waals surface area contributed by atoms with Crippen LogP contribution in [0.25, 0.3) is 0 Å². The fourth-order valence-corrected chi connectivity index (χ4v) is 4.65. The Hall–Kier alpha value is -2.58. The van der Waals surface area contributed by atoms with E-state index in [0.717, 1.165) is 16.5 Å². The summed E-state index contributed by atoms with van der Waals surface area (Å²) in [6, 6.07) is 9.56. The number of hydrogen-bond acceptors (Lipinski definition) is 4. The van der Waals surface area contributed by atoms with Crippen LogP contribution in [-0.4, -0.2) is 22.6 Å². The molecule has 2 aromatic carbocycles. The number of carbonyl (C=O) groups is 1. The summed E-state index contributed by atoms with van der Waals surface area (Å²) in [5.41, 5.74) is 0.924. The molecule has 33 heavy (non-hydrogen) atoms. The molecule has 3 aromatic rings. The van der Waals surface area contributed by atoms with Crippen LogP contribution in [0, 0.1) is 12.7 Å². The topological polar surface area (TPSA) is 64.1 Å². The number of benzene rings is 2. The first-order valence-electron chi connectivity index (χ1n) is 10.4. The van der Waals surface area contributed by atoms with E-state index in [1.54, 1.807) is 12.1 Å². The van der Waals surface area contributed by atoms with Crippen LogP contribution in [-0.2, 0) is 18.5 Å². The molecule has 0 spiro atoms. The third-order valence-corrected chi connectivity index (χ3v) is 6.43. The average Bonchev–Trinajstić information content (AvgIpc) is 3.23. The van der Waals surface area contributed by atoms with E-state index in [4.69, 9.17) is 16.3 Å². The Labute approximate surface area is 203 Å². The van der Waals surface area contributed by atoms with Gasteiger partial charge in [0.05, 0.1) is 17.3 Å². The quantitative estimate of drug-likeness (QED) is 0.405. The van der Waals surface area contributed by atoms with Gasteiger partial charge in [0.25, 0.3) is 11.8 Å². The third kappa shape index (κ3) is 4.87. The normalized spacial score (nSPS) is 14.5. The van der Waals surface area contributed by atoms with Crippen LogP contribution >= 0.6 is 27.5 Å². The smallest absolute Gasteiger partial charge is 0.257 e. The monoisotopic (exact) mass is 535 g/mol. The standard InChI is InChI=1S/C24H21BrClF2N3O2/c1-13-11-14(25)9-10-16(13)24(2,28)12-29-22(32)20-15-5-3-7-18(15)30-31-23(20)33-19-8-4-6-17(26)21(19)27/h4,6,8-11H,3,5,7,12H2,1-2H3,(H,29,32). The van der Waals surface area contributed by atoms with Crippen molar-refractivity contribution in [2.45, 2.75) is 38.8 Å². The van der Waals surface area contributed by atoms with Crippen molar-refractivity contribution in [3.63, 3.8) is 0 Å². The number of carbonyl (C=O) groups excluding carboxylic acids is 1. The molecule has 0 aliphatic heterocycles. The largest absolute Gasteiger partial charge is 0.434 e. The van der Waals surface area contributed by atoms with Gasteiger partial charge < -0.3 is 10.1 Å². The summed E-state index contributed by atoms with van der Waals surface area (Å²) in [5, 5.41) is 10.7. The number of fused-ring (bicyclic) bond motifs is 1. The number of amides is 1. The Balaban J connectivity index is 1.63. The number of ether oxygens (including phenoxy) is 1. The van der Waals surface area contributed by atoms with Gasteiger partial charge >= 0.3 is 0 Å². The maximum absolute atomic E-state index is 15.6. The van der Waals surface area contributed by atoms with Crippen LogP contribution in [0.2, 0.25) is 5.02 Å². The predicted molar refractivity (Wildman–Crippen MR) is 125 cm³/mol. The van der Waals surface area contributed by atoms with Crippen molar-refractivity contribution in [3.8, 4) is 11.6 Å². The minimum absolute atomic E-state index is 0.120. The molecule has 9 heteroatoms. The van der Waals surface area contributed by atoms with Crippen molar-refractivity contribution in [3.05, 3.63) is 79.7 Å². The second-order valence-electron chi connectivity index (χ2n) is 8.15. The van der Waals surface area contributed by atoms with Gasteiger partial charge in [-0.3, -0.25) is 4.79 Å². The lowest BCUT2D eigenvalue weighted by atomic mass is 9.93. The fourth-order valence-electron chi connectivity index (χ4n) is 4.01. The number of aryl methyl sites for hydroxylation is 2. The molecule has 1 unspecified atom stereocenters. The van der Waals surface area contributed by atoms with E-state index in [1.165, 1.54) is 25.1 Å². The van der Waals surface area contributed by atoms with Gasteiger partial charge in [-0.05, 0) is 74.1 Å². The zero-order chi connectivity index (χ0) is 23.8. The number of nitrogens with one attached hydrogen (secondary N) is 1. The van der Waals surface area contributed by atoms with Gasteiger partial charge in [-0.2, -0.15) is 5.10 Å². The molecule has 0 saturated heterocycles. The van der Waals surface area contributed by atoms with Crippen LogP contribution in [0.3, 0.4) is 0 Å². The maximum Gasteiger partial charge on any atom is 0.257 e. The summed E-state index contributed by atoms with van der Waals surface area (Å²) in [6.07, 6.45) is 2.08. The first-order valence-corrected chi connectivity index (χ1v) is 11.6. The molecule has 0 radical (unpaired) electrons. The molecular weight excluding hydrogens is 516 g/mol. The van der Waals surface area contributed by atoms with Gasteiger partial charge in [0.2, 0.25) is 0 Å². The molecule has 1 atom stereocenters. The molecule has 4 rings (SSSR count). The summed E-state index contributed by atoms with van der Waals surface area (Å²) in [7, 11) is 0. The molecule has 1 aliphatic carbocycles. The Morgan fingerprint density at radius 1 is 1.27 bits per heavy atom. The van der Waals surface area contributed by atoms with E-state index in [1.807, 2.05) is 13.0 Å². The second kappa shape index (κ2) is 9.35. The van der Waals surface area contributed by atoms with E-state index in [2.05, 4.69) is 31.4 Å². The first kappa shape index (κ1) is 23.6. The summed E-state index contributed by atoms with van der Waals surface area (Å²) in [4.78, 5) is 13.2. The van der Waals surface area contributed by atoms with Gasteiger partial charge in [-0.25, -0.2) is 8.78 Å². The van der Waals surface area contributed by atoms with Crippen LogP contribution in [0.5, 0.6) is 11.6 Å². The molecule has 1 amide bonds. The van der Waals surface area contributed by atoms with E-state index in [9.17, 15) is 9.18 Å². The minimum atomic E-state index is -1.82.